The molecule has 6 nitrogen and oxygen atoms in total. The predicted molar refractivity (Wildman–Crippen MR) is 133 cm³/mol. The van der Waals surface area contributed by atoms with Gasteiger partial charge in [0.25, 0.3) is 0 Å². The van der Waals surface area contributed by atoms with Crippen LogP contribution in [0.25, 0.3) is 0 Å². The maximum absolute atomic E-state index is 12.8. The quantitative estimate of drug-likeness (QED) is 0.337. The van der Waals surface area contributed by atoms with Crippen molar-refractivity contribution >= 4 is 35.8 Å². The maximum Gasteiger partial charge on any atom is 0.225 e. The molecular formula is C23H37IN4O2. The van der Waals surface area contributed by atoms with Gasteiger partial charge in [0, 0.05) is 38.6 Å². The average molecular weight is 528 g/mol. The van der Waals surface area contributed by atoms with Gasteiger partial charge in [0.15, 0.2) is 5.96 Å². The largest absolute Gasteiger partial charge is 0.496 e. The normalized spacial score (nSPS) is 19.9. The third-order valence-corrected chi connectivity index (χ3v) is 6.14. The molecule has 30 heavy (non-hydrogen) atoms. The highest BCUT2D eigenvalue weighted by atomic mass is 127. The van der Waals surface area contributed by atoms with Crippen LogP contribution in [-0.2, 0) is 11.2 Å². The zero-order valence-corrected chi connectivity index (χ0v) is 20.9. The van der Waals surface area contributed by atoms with Crippen LogP contribution < -0.4 is 15.4 Å². The summed E-state index contributed by atoms with van der Waals surface area (Å²) in [5.74, 6) is 2.34. The second-order valence-electron chi connectivity index (χ2n) is 8.31. The number of rotatable bonds is 6. The van der Waals surface area contributed by atoms with Crippen molar-refractivity contribution in [3.63, 3.8) is 0 Å². The first-order valence-electron chi connectivity index (χ1n) is 11.0. The molecule has 1 aromatic carbocycles. The fourth-order valence-electron chi connectivity index (χ4n) is 4.49. The lowest BCUT2D eigenvalue weighted by Crippen LogP contribution is -2.46. The molecule has 7 heteroatoms. The molecule has 0 spiro atoms. The zero-order valence-electron chi connectivity index (χ0n) is 18.6. The molecule has 0 aromatic heterocycles. The highest BCUT2D eigenvalue weighted by molar-refractivity contribution is 14.0. The van der Waals surface area contributed by atoms with Gasteiger partial charge in [-0.1, -0.05) is 37.0 Å². The number of halogens is 1. The minimum Gasteiger partial charge on any atom is -0.496 e. The number of carbonyl (C=O) groups excluding carboxylic acids is 1. The van der Waals surface area contributed by atoms with Gasteiger partial charge in [-0.25, -0.2) is 0 Å². The summed E-state index contributed by atoms with van der Waals surface area (Å²) in [7, 11) is 3.50. The van der Waals surface area contributed by atoms with Crippen LogP contribution in [0.2, 0.25) is 0 Å². The van der Waals surface area contributed by atoms with Crippen molar-refractivity contribution in [1.29, 1.82) is 0 Å². The van der Waals surface area contributed by atoms with Crippen molar-refractivity contribution in [2.75, 3.05) is 33.8 Å². The van der Waals surface area contributed by atoms with Crippen molar-refractivity contribution in [3.8, 4) is 5.75 Å². The van der Waals surface area contributed by atoms with E-state index in [0.29, 0.717) is 5.91 Å². The van der Waals surface area contributed by atoms with Crippen molar-refractivity contribution in [1.82, 2.24) is 15.5 Å². The van der Waals surface area contributed by atoms with Crippen LogP contribution in [0.3, 0.4) is 0 Å². The Morgan fingerprint density at radius 2 is 2.00 bits per heavy atom. The summed E-state index contributed by atoms with van der Waals surface area (Å²) in [6.07, 6.45) is 7.67. The molecule has 2 N–H and O–H groups in total. The van der Waals surface area contributed by atoms with E-state index in [1.165, 1.54) is 30.4 Å². The number of amides is 1. The third-order valence-electron chi connectivity index (χ3n) is 6.14. The van der Waals surface area contributed by atoms with Gasteiger partial charge < -0.3 is 20.3 Å². The van der Waals surface area contributed by atoms with E-state index in [-0.39, 0.29) is 35.9 Å². The molecule has 1 aromatic rings. The number of guanidine groups is 1. The third kappa shape index (κ3) is 6.75. The molecule has 1 aliphatic carbocycles. The molecule has 1 atom stereocenters. The Kier molecular flexibility index (Phi) is 10.2. The number of hydrogen-bond acceptors (Lipinski definition) is 3. The number of nitrogens with one attached hydrogen (secondary N) is 2. The molecule has 2 fully saturated rings. The first kappa shape index (κ1) is 24.8. The van der Waals surface area contributed by atoms with E-state index < -0.39 is 0 Å². The van der Waals surface area contributed by atoms with Crippen LogP contribution in [0, 0.1) is 12.8 Å². The number of aliphatic imine (C=N–C) groups is 1. The lowest BCUT2D eigenvalue weighted by Gasteiger charge is -2.26. The van der Waals surface area contributed by atoms with Crippen LogP contribution in [0.4, 0.5) is 0 Å². The van der Waals surface area contributed by atoms with Gasteiger partial charge in [-0.2, -0.15) is 0 Å². The Morgan fingerprint density at radius 1 is 1.23 bits per heavy atom. The van der Waals surface area contributed by atoms with Gasteiger partial charge in [-0.05, 0) is 44.2 Å². The molecule has 3 rings (SSSR count). The molecule has 1 saturated heterocycles. The van der Waals surface area contributed by atoms with E-state index in [0.717, 1.165) is 57.0 Å². The topological polar surface area (TPSA) is 66.0 Å². The number of methoxy groups -OCH3 is 1. The molecular weight excluding hydrogens is 491 g/mol. The lowest BCUT2D eigenvalue weighted by molar-refractivity contribution is -0.135. The van der Waals surface area contributed by atoms with Crippen LogP contribution >= 0.6 is 24.0 Å². The summed E-state index contributed by atoms with van der Waals surface area (Å²) in [4.78, 5) is 19.2. The summed E-state index contributed by atoms with van der Waals surface area (Å²) in [6.45, 7) is 4.50. The van der Waals surface area contributed by atoms with Gasteiger partial charge >= 0.3 is 0 Å². The van der Waals surface area contributed by atoms with Gasteiger partial charge in [-0.3, -0.25) is 9.79 Å². The molecule has 168 valence electrons. The van der Waals surface area contributed by atoms with Crippen molar-refractivity contribution in [2.24, 2.45) is 10.9 Å². The Bertz CT molecular complexity index is 719. The molecule has 1 heterocycles. The SMILES string of the molecule is CN=C(NCCc1cc(C)ccc1OC)NC1CCN(C(=O)C2CCCCC2)C1.I. The first-order chi connectivity index (χ1) is 14.1. The molecule has 1 saturated carbocycles. The highest BCUT2D eigenvalue weighted by Crippen LogP contribution is 2.26. The lowest BCUT2D eigenvalue weighted by atomic mass is 9.88. The summed E-state index contributed by atoms with van der Waals surface area (Å²) >= 11 is 0. The van der Waals surface area contributed by atoms with Gasteiger partial charge in [0.1, 0.15) is 5.75 Å². The zero-order chi connectivity index (χ0) is 20.6. The molecule has 1 aliphatic heterocycles. The van der Waals surface area contributed by atoms with Gasteiger partial charge in [-0.15, -0.1) is 24.0 Å². The van der Waals surface area contributed by atoms with Crippen molar-refractivity contribution < 1.29 is 9.53 Å². The van der Waals surface area contributed by atoms with Crippen LogP contribution in [0.1, 0.15) is 49.7 Å². The van der Waals surface area contributed by atoms with Gasteiger partial charge in [0.05, 0.1) is 7.11 Å². The van der Waals surface area contributed by atoms with Crippen LogP contribution in [0.5, 0.6) is 5.75 Å². The Balaban J connectivity index is 0.00000320. The predicted octanol–water partition coefficient (Wildman–Crippen LogP) is 3.51. The number of benzene rings is 1. The van der Waals surface area contributed by atoms with E-state index in [1.54, 1.807) is 14.2 Å². The molecule has 0 bridgehead atoms. The van der Waals surface area contributed by atoms with E-state index in [9.17, 15) is 4.79 Å². The minimum absolute atomic E-state index is 0. The Morgan fingerprint density at radius 3 is 2.70 bits per heavy atom. The smallest absolute Gasteiger partial charge is 0.225 e. The standard InChI is InChI=1S/C23H36N4O2.HI/c1-17-9-10-21(29-3)19(15-17)11-13-25-23(24-2)26-20-12-14-27(16-20)22(28)18-7-5-4-6-8-18;/h9-10,15,18,20H,4-8,11-14,16H2,1-3H3,(H2,24,25,26);1H. The second-order valence-corrected chi connectivity index (χ2v) is 8.31. The summed E-state index contributed by atoms with van der Waals surface area (Å²) in [5, 5.41) is 6.90. The minimum atomic E-state index is 0. The highest BCUT2D eigenvalue weighted by Gasteiger charge is 2.31. The van der Waals surface area contributed by atoms with Crippen molar-refractivity contribution in [2.45, 2.75) is 57.9 Å². The Labute approximate surface area is 198 Å². The molecule has 1 amide bonds. The summed E-state index contributed by atoms with van der Waals surface area (Å²) in [6, 6.07) is 6.52. The van der Waals surface area contributed by atoms with E-state index >= 15 is 0 Å². The monoisotopic (exact) mass is 528 g/mol. The first-order valence-corrected chi connectivity index (χ1v) is 11.0. The van der Waals surface area contributed by atoms with Gasteiger partial charge in [0.2, 0.25) is 5.91 Å². The second kappa shape index (κ2) is 12.4. The van der Waals surface area contributed by atoms with Crippen LogP contribution in [0.15, 0.2) is 23.2 Å². The number of ether oxygens (including phenoxy) is 1. The van der Waals surface area contributed by atoms with E-state index in [1.807, 2.05) is 6.07 Å². The number of hydrogen-bond donors (Lipinski definition) is 2. The van der Waals surface area contributed by atoms with E-state index in [2.05, 4.69) is 39.6 Å². The molecule has 1 unspecified atom stereocenters. The maximum atomic E-state index is 12.8. The number of carbonyl (C=O) groups is 1. The average Bonchev–Trinajstić information content (AvgIpc) is 3.21. The number of likely N-dealkylation sites (tertiary alicyclic amines) is 1. The fraction of sp³-hybridized carbons (Fsp3) is 0.652. The molecule has 0 radical (unpaired) electrons. The number of aryl methyl sites for hydroxylation is 1. The Hall–Kier alpha value is -1.51. The summed E-state index contributed by atoms with van der Waals surface area (Å²) in [5.41, 5.74) is 2.43. The van der Waals surface area contributed by atoms with Crippen molar-refractivity contribution in [3.05, 3.63) is 29.3 Å². The fourth-order valence-corrected chi connectivity index (χ4v) is 4.49. The van der Waals surface area contributed by atoms with Crippen LogP contribution in [-0.4, -0.2) is 56.6 Å². The van der Waals surface area contributed by atoms with E-state index in [4.69, 9.17) is 4.74 Å². The number of nitrogens with zero attached hydrogens (tertiary/aromatic N) is 2. The molecule has 2 aliphatic rings. The summed E-state index contributed by atoms with van der Waals surface area (Å²) < 4.78 is 5.46.